The predicted molar refractivity (Wildman–Crippen MR) is 98.2 cm³/mol. The smallest absolute Gasteiger partial charge is 0.104 e. The molecular weight excluding hydrogens is 282 g/mol. The Morgan fingerprint density at radius 2 is 1.70 bits per heavy atom. The molecule has 130 valence electrons. The third-order valence-electron chi connectivity index (χ3n) is 5.46. The van der Waals surface area contributed by atoms with Crippen LogP contribution in [-0.2, 0) is 16.6 Å². The van der Waals surface area contributed by atoms with Gasteiger partial charge in [-0.2, -0.15) is 0 Å². The van der Waals surface area contributed by atoms with Crippen molar-refractivity contribution in [3.05, 3.63) is 35.4 Å². The van der Waals surface area contributed by atoms with Crippen molar-refractivity contribution in [2.75, 3.05) is 19.6 Å². The number of hydrogen-bond donors (Lipinski definition) is 1. The molecule has 1 saturated heterocycles. The molecular formula is C21H36NO+. The van der Waals surface area contributed by atoms with Crippen LogP contribution in [0.3, 0.4) is 0 Å². The van der Waals surface area contributed by atoms with Crippen molar-refractivity contribution < 1.29 is 9.64 Å². The molecule has 1 aliphatic rings. The normalized spacial score (nSPS) is 27.0. The second-order valence-electron chi connectivity index (χ2n) is 8.36. The summed E-state index contributed by atoms with van der Waals surface area (Å²) >= 11 is 0. The fraction of sp³-hybridized carbons (Fsp3) is 0.714. The highest BCUT2D eigenvalue weighted by Crippen LogP contribution is 2.27. The Bertz CT molecular complexity index is 469. The summed E-state index contributed by atoms with van der Waals surface area (Å²) in [5.74, 6) is 0.715. The van der Waals surface area contributed by atoms with Gasteiger partial charge in [0.1, 0.15) is 25.3 Å². The number of ether oxygens (including phenoxy) is 1. The predicted octanol–water partition coefficient (Wildman–Crippen LogP) is 3.24. The first kappa shape index (κ1) is 18.5. The largest absolute Gasteiger partial charge is 0.364 e. The van der Waals surface area contributed by atoms with E-state index in [9.17, 15) is 0 Å². The van der Waals surface area contributed by atoms with Crippen molar-refractivity contribution in [3.8, 4) is 0 Å². The Hall–Kier alpha value is -0.860. The standard InChI is InChI=1S/C21H35NO/c1-7-21(5,6)20-10-8-19(9-11-20)12-16(2)13-22-14-17(3)23-18(4)15-22/h8-11,16-18H,7,12-15H2,1-6H3/p+1/t16?,17-,18+. The maximum atomic E-state index is 5.85. The molecule has 4 atom stereocenters. The van der Waals surface area contributed by atoms with E-state index in [1.807, 2.05) is 0 Å². The molecule has 2 heteroatoms. The maximum Gasteiger partial charge on any atom is 0.104 e. The van der Waals surface area contributed by atoms with Gasteiger partial charge in [0.05, 0.1) is 6.54 Å². The van der Waals surface area contributed by atoms with E-state index in [-0.39, 0.29) is 5.41 Å². The van der Waals surface area contributed by atoms with E-state index in [1.165, 1.54) is 30.5 Å². The van der Waals surface area contributed by atoms with Crippen molar-refractivity contribution in [2.24, 2.45) is 5.92 Å². The van der Waals surface area contributed by atoms with Crippen molar-refractivity contribution in [1.29, 1.82) is 0 Å². The summed E-state index contributed by atoms with van der Waals surface area (Å²) in [6.45, 7) is 17.3. The Kier molecular flexibility index (Phi) is 6.27. The van der Waals surface area contributed by atoms with Gasteiger partial charge in [0.2, 0.25) is 0 Å². The molecule has 2 rings (SSSR count). The number of nitrogens with one attached hydrogen (secondary N) is 1. The van der Waals surface area contributed by atoms with E-state index < -0.39 is 0 Å². The van der Waals surface area contributed by atoms with E-state index in [2.05, 4.69) is 65.8 Å². The monoisotopic (exact) mass is 318 g/mol. The van der Waals surface area contributed by atoms with Crippen LogP contribution in [0.25, 0.3) is 0 Å². The zero-order valence-electron chi connectivity index (χ0n) is 16.0. The molecule has 1 aromatic rings. The third-order valence-corrected chi connectivity index (χ3v) is 5.46. The number of hydrogen-bond acceptors (Lipinski definition) is 1. The van der Waals surface area contributed by atoms with E-state index in [4.69, 9.17) is 4.74 Å². The first-order valence-corrected chi connectivity index (χ1v) is 9.38. The van der Waals surface area contributed by atoms with E-state index in [0.29, 0.717) is 18.1 Å². The van der Waals surface area contributed by atoms with E-state index >= 15 is 0 Å². The van der Waals surface area contributed by atoms with E-state index in [1.54, 1.807) is 4.90 Å². The van der Waals surface area contributed by atoms with E-state index in [0.717, 1.165) is 13.1 Å². The molecule has 0 saturated carbocycles. The molecule has 2 unspecified atom stereocenters. The lowest BCUT2D eigenvalue weighted by molar-refractivity contribution is -0.918. The molecule has 0 radical (unpaired) electrons. The van der Waals surface area contributed by atoms with Gasteiger partial charge in [0.15, 0.2) is 0 Å². The average Bonchev–Trinajstić information content (AvgIpc) is 2.46. The van der Waals surface area contributed by atoms with Crippen molar-refractivity contribution in [1.82, 2.24) is 0 Å². The number of morpholine rings is 1. The topological polar surface area (TPSA) is 13.7 Å². The van der Waals surface area contributed by atoms with Crippen LogP contribution < -0.4 is 4.90 Å². The van der Waals surface area contributed by atoms with Gasteiger partial charge in [-0.1, -0.05) is 52.0 Å². The van der Waals surface area contributed by atoms with Crippen LogP contribution in [0.15, 0.2) is 24.3 Å². The minimum absolute atomic E-state index is 0.286. The lowest BCUT2D eigenvalue weighted by Crippen LogP contribution is -3.16. The molecule has 1 heterocycles. The Morgan fingerprint density at radius 1 is 1.13 bits per heavy atom. The SMILES string of the molecule is CCC(C)(C)c1ccc(CC(C)C[NH+]2C[C@@H](C)O[C@@H](C)C2)cc1. The van der Waals surface area contributed by atoms with Gasteiger partial charge in [0.25, 0.3) is 0 Å². The summed E-state index contributed by atoms with van der Waals surface area (Å²) in [6, 6.07) is 9.33. The average molecular weight is 319 g/mol. The highest BCUT2D eigenvalue weighted by molar-refractivity contribution is 5.28. The Labute approximate surface area is 143 Å². The summed E-state index contributed by atoms with van der Waals surface area (Å²) in [5.41, 5.74) is 3.22. The van der Waals surface area contributed by atoms with Gasteiger partial charge in [-0.25, -0.2) is 0 Å². The minimum atomic E-state index is 0.286. The van der Waals surface area contributed by atoms with Crippen LogP contribution in [-0.4, -0.2) is 31.8 Å². The van der Waals surface area contributed by atoms with Gasteiger partial charge >= 0.3 is 0 Å². The lowest BCUT2D eigenvalue weighted by atomic mass is 9.82. The summed E-state index contributed by atoms with van der Waals surface area (Å²) in [5, 5.41) is 0. The zero-order valence-corrected chi connectivity index (χ0v) is 16.0. The quantitative estimate of drug-likeness (QED) is 0.850. The fourth-order valence-electron chi connectivity index (χ4n) is 3.82. The highest BCUT2D eigenvalue weighted by Gasteiger charge is 2.26. The maximum absolute atomic E-state index is 5.85. The third kappa shape index (κ3) is 5.32. The molecule has 0 bridgehead atoms. The van der Waals surface area contributed by atoms with Gasteiger partial charge in [-0.3, -0.25) is 0 Å². The number of rotatable bonds is 6. The van der Waals surface area contributed by atoms with Crippen molar-refractivity contribution in [2.45, 2.75) is 72.0 Å². The Morgan fingerprint density at radius 3 is 2.22 bits per heavy atom. The molecule has 0 aliphatic carbocycles. The van der Waals surface area contributed by atoms with Crippen LogP contribution in [0.4, 0.5) is 0 Å². The van der Waals surface area contributed by atoms with Crippen molar-refractivity contribution >= 4 is 0 Å². The molecule has 1 aromatic carbocycles. The summed E-state index contributed by atoms with van der Waals surface area (Å²) in [7, 11) is 0. The molecule has 1 aliphatic heterocycles. The van der Waals surface area contributed by atoms with Crippen LogP contribution in [0.1, 0.15) is 59.1 Å². The first-order valence-electron chi connectivity index (χ1n) is 9.38. The van der Waals surface area contributed by atoms with Crippen LogP contribution in [0, 0.1) is 5.92 Å². The van der Waals surface area contributed by atoms with Gasteiger partial charge in [0, 0.05) is 5.92 Å². The highest BCUT2D eigenvalue weighted by atomic mass is 16.5. The molecule has 0 aromatic heterocycles. The molecule has 0 spiro atoms. The van der Waals surface area contributed by atoms with Gasteiger partial charge < -0.3 is 9.64 Å². The molecule has 1 N–H and O–H groups in total. The lowest BCUT2D eigenvalue weighted by Gasteiger charge is -2.33. The Balaban J connectivity index is 1.89. The summed E-state index contributed by atoms with van der Waals surface area (Å²) in [4.78, 5) is 1.70. The van der Waals surface area contributed by atoms with Gasteiger partial charge in [-0.15, -0.1) is 0 Å². The second kappa shape index (κ2) is 7.81. The fourth-order valence-corrected chi connectivity index (χ4v) is 3.82. The molecule has 2 nitrogen and oxygen atoms in total. The minimum Gasteiger partial charge on any atom is -0.364 e. The second-order valence-corrected chi connectivity index (χ2v) is 8.36. The summed E-state index contributed by atoms with van der Waals surface area (Å²) in [6.07, 6.45) is 3.16. The molecule has 1 fully saturated rings. The zero-order chi connectivity index (χ0) is 17.0. The first-order chi connectivity index (χ1) is 10.8. The van der Waals surface area contributed by atoms with Crippen LogP contribution in [0.2, 0.25) is 0 Å². The number of benzene rings is 1. The van der Waals surface area contributed by atoms with Crippen LogP contribution >= 0.6 is 0 Å². The molecule has 23 heavy (non-hydrogen) atoms. The summed E-state index contributed by atoms with van der Waals surface area (Å²) < 4.78 is 5.85. The number of quaternary nitrogens is 1. The van der Waals surface area contributed by atoms with Crippen molar-refractivity contribution in [3.63, 3.8) is 0 Å². The van der Waals surface area contributed by atoms with Gasteiger partial charge in [-0.05, 0) is 43.2 Å². The molecule has 0 amide bonds. The van der Waals surface area contributed by atoms with Crippen LogP contribution in [0.5, 0.6) is 0 Å².